The molecule has 2 atom stereocenters. The predicted molar refractivity (Wildman–Crippen MR) is 71.5 cm³/mol. The molecule has 6 heteroatoms. The number of H-pyrrole nitrogens is 1. The van der Waals surface area contributed by atoms with Gasteiger partial charge in [0.05, 0.1) is 16.8 Å². The van der Waals surface area contributed by atoms with Crippen LogP contribution in [0.3, 0.4) is 0 Å². The summed E-state index contributed by atoms with van der Waals surface area (Å²) in [5.74, 6) is 3.33. The maximum atomic E-state index is 11.4. The van der Waals surface area contributed by atoms with Crippen molar-refractivity contribution >= 4 is 35.1 Å². The van der Waals surface area contributed by atoms with Gasteiger partial charge in [-0.05, 0) is 0 Å². The highest BCUT2D eigenvalue weighted by Crippen LogP contribution is 2.40. The van der Waals surface area contributed by atoms with E-state index in [0.717, 1.165) is 11.6 Å². The third-order valence-electron chi connectivity index (χ3n) is 2.41. The van der Waals surface area contributed by atoms with Gasteiger partial charge < -0.3 is 4.98 Å². The molecule has 1 N–H and O–H groups in total. The topological polar surface area (TPSA) is 45.8 Å². The lowest BCUT2D eigenvalue weighted by molar-refractivity contribution is 0.803. The van der Waals surface area contributed by atoms with Crippen LogP contribution >= 0.6 is 35.1 Å². The Bertz CT molecular complexity index is 424. The van der Waals surface area contributed by atoms with Crippen molar-refractivity contribution in [3.05, 3.63) is 27.9 Å². The van der Waals surface area contributed by atoms with Crippen molar-refractivity contribution in [2.24, 2.45) is 0 Å². The molecule has 0 bridgehead atoms. The van der Waals surface area contributed by atoms with Crippen LogP contribution in [0.25, 0.3) is 0 Å². The fourth-order valence-corrected chi connectivity index (χ4v) is 4.51. The van der Waals surface area contributed by atoms with Gasteiger partial charge in [-0.25, -0.2) is 4.98 Å². The van der Waals surface area contributed by atoms with Crippen molar-refractivity contribution in [3.8, 4) is 0 Å². The quantitative estimate of drug-likeness (QED) is 0.843. The van der Waals surface area contributed by atoms with E-state index < -0.39 is 0 Å². The van der Waals surface area contributed by atoms with Crippen LogP contribution in [0.4, 0.5) is 0 Å². The smallest absolute Gasteiger partial charge is 0.251 e. The number of alkyl halides is 1. The summed E-state index contributed by atoms with van der Waals surface area (Å²) in [6.07, 6.45) is 0. The second kappa shape index (κ2) is 5.47. The number of thioether (sulfide) groups is 2. The lowest BCUT2D eigenvalue weighted by atomic mass is 10.3. The molecule has 2 heterocycles. The van der Waals surface area contributed by atoms with Crippen LogP contribution in [0, 0.1) is 0 Å². The normalized spacial score (nSPS) is 25.6. The highest BCUT2D eigenvalue weighted by atomic mass is 35.5. The van der Waals surface area contributed by atoms with Gasteiger partial charge in [0, 0.05) is 22.8 Å². The first-order chi connectivity index (χ1) is 7.70. The van der Waals surface area contributed by atoms with Gasteiger partial charge in [-0.1, -0.05) is 6.92 Å². The minimum absolute atomic E-state index is 0.107. The molecule has 0 amide bonds. The van der Waals surface area contributed by atoms with Crippen molar-refractivity contribution < 1.29 is 0 Å². The maximum Gasteiger partial charge on any atom is 0.251 e. The monoisotopic (exact) mass is 276 g/mol. The molecule has 1 saturated heterocycles. The van der Waals surface area contributed by atoms with Crippen molar-refractivity contribution in [1.29, 1.82) is 0 Å². The van der Waals surface area contributed by atoms with Gasteiger partial charge in [-0.2, -0.15) is 11.8 Å². The zero-order valence-electron chi connectivity index (χ0n) is 8.90. The Labute approximate surface area is 108 Å². The highest BCUT2D eigenvalue weighted by molar-refractivity contribution is 8.06. The van der Waals surface area contributed by atoms with E-state index in [1.165, 1.54) is 11.8 Å². The van der Waals surface area contributed by atoms with Gasteiger partial charge >= 0.3 is 0 Å². The van der Waals surface area contributed by atoms with Crippen molar-refractivity contribution in [1.82, 2.24) is 9.97 Å². The predicted octanol–water partition coefficient (Wildman–Crippen LogP) is 2.42. The summed E-state index contributed by atoms with van der Waals surface area (Å²) in [6.45, 7) is 2.18. The van der Waals surface area contributed by atoms with Crippen LogP contribution in [0.15, 0.2) is 10.9 Å². The molecule has 1 aliphatic heterocycles. The Morgan fingerprint density at radius 3 is 3.00 bits per heavy atom. The fourth-order valence-electron chi connectivity index (χ4n) is 1.67. The molecule has 2 rings (SSSR count). The number of aromatic amines is 1. The van der Waals surface area contributed by atoms with Crippen molar-refractivity contribution in [3.63, 3.8) is 0 Å². The molecule has 1 fully saturated rings. The molecule has 1 aromatic rings. The van der Waals surface area contributed by atoms with E-state index in [0.29, 0.717) is 10.9 Å². The fraction of sp³-hybridized carbons (Fsp3) is 0.600. The molecule has 16 heavy (non-hydrogen) atoms. The Balaban J connectivity index is 2.31. The zero-order chi connectivity index (χ0) is 11.5. The molecule has 0 spiro atoms. The number of nitrogens with one attached hydrogen (secondary N) is 1. The zero-order valence-corrected chi connectivity index (χ0v) is 11.3. The number of nitrogens with zero attached hydrogens (tertiary/aromatic N) is 1. The molecule has 1 aromatic heterocycles. The van der Waals surface area contributed by atoms with E-state index in [1.54, 1.807) is 0 Å². The molecule has 0 aromatic carbocycles. The summed E-state index contributed by atoms with van der Waals surface area (Å²) in [5.41, 5.74) is 0.549. The van der Waals surface area contributed by atoms with Gasteiger partial charge in [0.1, 0.15) is 5.82 Å². The number of halogens is 1. The Hall–Kier alpha value is -0.130. The molecular formula is C10H13ClN2OS2. The highest BCUT2D eigenvalue weighted by Gasteiger charge is 2.26. The summed E-state index contributed by atoms with van der Waals surface area (Å²) in [7, 11) is 0. The average Bonchev–Trinajstić information content (AvgIpc) is 2.28. The van der Waals surface area contributed by atoms with E-state index in [2.05, 4.69) is 16.9 Å². The summed E-state index contributed by atoms with van der Waals surface area (Å²) < 4.78 is 0. The van der Waals surface area contributed by atoms with Crippen LogP contribution < -0.4 is 5.56 Å². The van der Waals surface area contributed by atoms with Crippen molar-refractivity contribution in [2.45, 2.75) is 23.3 Å². The first-order valence-electron chi connectivity index (χ1n) is 5.10. The summed E-state index contributed by atoms with van der Waals surface area (Å²) in [4.78, 5) is 18.7. The first-order valence-corrected chi connectivity index (χ1v) is 7.73. The Morgan fingerprint density at radius 1 is 1.56 bits per heavy atom. The number of aromatic nitrogens is 2. The number of rotatable bonds is 2. The maximum absolute atomic E-state index is 11.4. The van der Waals surface area contributed by atoms with Gasteiger partial charge in [0.25, 0.3) is 5.56 Å². The minimum atomic E-state index is -0.107. The van der Waals surface area contributed by atoms with E-state index >= 15 is 0 Å². The van der Waals surface area contributed by atoms with E-state index in [-0.39, 0.29) is 16.7 Å². The van der Waals surface area contributed by atoms with E-state index in [4.69, 9.17) is 11.6 Å². The summed E-state index contributed by atoms with van der Waals surface area (Å²) >= 11 is 9.50. The van der Waals surface area contributed by atoms with E-state index in [1.807, 2.05) is 23.5 Å². The largest absolute Gasteiger partial charge is 0.310 e. The molecular weight excluding hydrogens is 264 g/mol. The molecule has 1 aliphatic rings. The van der Waals surface area contributed by atoms with Crippen molar-refractivity contribution in [2.75, 3.05) is 11.5 Å². The summed E-state index contributed by atoms with van der Waals surface area (Å²) in [6, 6.07) is 1.46. The standard InChI is InChI=1S/C10H13ClN2OS2/c1-6-9(16-3-2-15-6)10-12-7(5-11)4-8(14)13-10/h4,6,9H,2-3,5H2,1H3,(H,12,13,14). The van der Waals surface area contributed by atoms with Crippen LogP contribution in [-0.2, 0) is 5.88 Å². The van der Waals surface area contributed by atoms with Gasteiger partial charge in [0.2, 0.25) is 0 Å². The second-order valence-electron chi connectivity index (χ2n) is 3.62. The molecule has 3 nitrogen and oxygen atoms in total. The molecule has 0 radical (unpaired) electrons. The lowest BCUT2D eigenvalue weighted by Crippen LogP contribution is -2.22. The molecule has 88 valence electrons. The Kier molecular flexibility index (Phi) is 4.21. The molecule has 0 aliphatic carbocycles. The second-order valence-corrected chi connectivity index (χ2v) is 6.62. The van der Waals surface area contributed by atoms with Gasteiger partial charge in [0.15, 0.2) is 0 Å². The first kappa shape index (κ1) is 12.3. The SMILES string of the molecule is CC1SCCSC1c1nc(CCl)cc(=O)[nH]1. The minimum Gasteiger partial charge on any atom is -0.310 e. The van der Waals surface area contributed by atoms with E-state index in [9.17, 15) is 4.79 Å². The Morgan fingerprint density at radius 2 is 2.31 bits per heavy atom. The van der Waals surface area contributed by atoms with Crippen LogP contribution in [0.2, 0.25) is 0 Å². The number of hydrogen-bond donors (Lipinski definition) is 1. The lowest BCUT2D eigenvalue weighted by Gasteiger charge is -2.26. The van der Waals surface area contributed by atoms with Gasteiger partial charge in [-0.3, -0.25) is 4.79 Å². The molecule has 2 unspecified atom stereocenters. The third kappa shape index (κ3) is 2.76. The van der Waals surface area contributed by atoms with Crippen LogP contribution in [0.1, 0.15) is 23.7 Å². The number of hydrogen-bond acceptors (Lipinski definition) is 4. The summed E-state index contributed by atoms with van der Waals surface area (Å²) in [5, 5.41) is 0.752. The van der Waals surface area contributed by atoms with Crippen LogP contribution in [-0.4, -0.2) is 26.7 Å². The third-order valence-corrected chi connectivity index (χ3v) is 5.78. The average molecular weight is 277 g/mol. The van der Waals surface area contributed by atoms with Gasteiger partial charge in [-0.15, -0.1) is 23.4 Å². The molecule has 0 saturated carbocycles. The van der Waals surface area contributed by atoms with Crippen LogP contribution in [0.5, 0.6) is 0 Å².